The Labute approximate surface area is 158 Å². The lowest BCUT2D eigenvalue weighted by Crippen LogP contribution is -2.34. The van der Waals surface area contributed by atoms with Gasteiger partial charge in [0.15, 0.2) is 0 Å². The Hall–Kier alpha value is -2.34. The van der Waals surface area contributed by atoms with Crippen molar-refractivity contribution in [3.05, 3.63) is 40.7 Å². The third kappa shape index (κ3) is 4.25. The van der Waals surface area contributed by atoms with Crippen LogP contribution in [0.2, 0.25) is 5.02 Å². The van der Waals surface area contributed by atoms with Crippen LogP contribution in [0, 0.1) is 12.8 Å². The summed E-state index contributed by atoms with van der Waals surface area (Å²) < 4.78 is 5.28. The molecule has 1 aliphatic heterocycles. The first-order chi connectivity index (χ1) is 12.5. The standard InChI is InChI=1S/C19H23ClN4O2/c1-12-6-8-24(9-7-12)19-21-13(2)10-16(23-19)18(25)22-15-11-14(20)4-5-17(15)26-3/h4-5,10-12H,6-9H2,1-3H3,(H,22,25). The molecule has 2 heterocycles. The fraction of sp³-hybridized carbons (Fsp3) is 0.421. The molecule has 1 aromatic carbocycles. The molecule has 6 nitrogen and oxygen atoms in total. The summed E-state index contributed by atoms with van der Waals surface area (Å²) in [5.74, 6) is 1.55. The number of aryl methyl sites for hydroxylation is 1. The number of anilines is 2. The van der Waals surface area contributed by atoms with Crippen molar-refractivity contribution in [2.24, 2.45) is 5.92 Å². The maximum absolute atomic E-state index is 12.7. The highest BCUT2D eigenvalue weighted by Gasteiger charge is 2.20. The predicted octanol–water partition coefficient (Wildman–Crippen LogP) is 3.94. The predicted molar refractivity (Wildman–Crippen MR) is 103 cm³/mol. The van der Waals surface area contributed by atoms with E-state index < -0.39 is 0 Å². The van der Waals surface area contributed by atoms with Gasteiger partial charge in [0.2, 0.25) is 5.95 Å². The molecule has 0 atom stereocenters. The third-order valence-electron chi connectivity index (χ3n) is 4.55. The maximum atomic E-state index is 12.7. The van der Waals surface area contributed by atoms with Gasteiger partial charge in [0.25, 0.3) is 5.91 Å². The molecule has 0 aliphatic carbocycles. The van der Waals surface area contributed by atoms with Crippen LogP contribution in [0.1, 0.15) is 35.9 Å². The Bertz CT molecular complexity index is 804. The van der Waals surface area contributed by atoms with E-state index in [0.29, 0.717) is 34.0 Å². The van der Waals surface area contributed by atoms with Crippen LogP contribution in [0.4, 0.5) is 11.6 Å². The largest absolute Gasteiger partial charge is 0.495 e. The molecule has 1 amide bonds. The second-order valence-electron chi connectivity index (χ2n) is 6.66. The third-order valence-corrected chi connectivity index (χ3v) is 4.79. The van der Waals surface area contributed by atoms with Gasteiger partial charge in [0.1, 0.15) is 11.4 Å². The number of benzene rings is 1. The van der Waals surface area contributed by atoms with Crippen LogP contribution in [0.5, 0.6) is 5.75 Å². The van der Waals surface area contributed by atoms with Gasteiger partial charge >= 0.3 is 0 Å². The Morgan fingerprint density at radius 3 is 2.69 bits per heavy atom. The number of ether oxygens (including phenoxy) is 1. The van der Waals surface area contributed by atoms with E-state index in [9.17, 15) is 4.79 Å². The highest BCUT2D eigenvalue weighted by atomic mass is 35.5. The van der Waals surface area contributed by atoms with Crippen molar-refractivity contribution in [1.82, 2.24) is 9.97 Å². The SMILES string of the molecule is COc1ccc(Cl)cc1NC(=O)c1cc(C)nc(N2CCC(C)CC2)n1. The molecule has 1 fully saturated rings. The highest BCUT2D eigenvalue weighted by Crippen LogP contribution is 2.28. The summed E-state index contributed by atoms with van der Waals surface area (Å²) in [5.41, 5.74) is 1.60. The zero-order chi connectivity index (χ0) is 18.7. The van der Waals surface area contributed by atoms with Gasteiger partial charge in [0, 0.05) is 23.8 Å². The average Bonchev–Trinajstić information content (AvgIpc) is 2.62. The normalized spacial score (nSPS) is 15.0. The van der Waals surface area contributed by atoms with Crippen molar-refractivity contribution in [3.63, 3.8) is 0 Å². The number of aromatic nitrogens is 2. The number of carbonyl (C=O) groups is 1. The van der Waals surface area contributed by atoms with Crippen molar-refractivity contribution in [2.75, 3.05) is 30.4 Å². The molecule has 0 spiro atoms. The molecular weight excluding hydrogens is 352 g/mol. The second-order valence-corrected chi connectivity index (χ2v) is 7.10. The van der Waals surface area contributed by atoms with Gasteiger partial charge in [-0.3, -0.25) is 4.79 Å². The molecule has 138 valence electrons. The van der Waals surface area contributed by atoms with E-state index in [1.807, 2.05) is 6.92 Å². The lowest BCUT2D eigenvalue weighted by Gasteiger charge is -2.30. The molecule has 1 N–H and O–H groups in total. The lowest BCUT2D eigenvalue weighted by molar-refractivity contribution is 0.102. The van der Waals surface area contributed by atoms with E-state index >= 15 is 0 Å². The molecule has 0 radical (unpaired) electrons. The number of methoxy groups -OCH3 is 1. The molecule has 1 aromatic heterocycles. The smallest absolute Gasteiger partial charge is 0.274 e. The molecule has 1 aliphatic rings. The summed E-state index contributed by atoms with van der Waals surface area (Å²) in [4.78, 5) is 23.9. The van der Waals surface area contributed by atoms with E-state index in [1.54, 1.807) is 31.4 Å². The van der Waals surface area contributed by atoms with Gasteiger partial charge in [-0.1, -0.05) is 18.5 Å². The summed E-state index contributed by atoms with van der Waals surface area (Å²) in [6.07, 6.45) is 2.22. The molecule has 2 aromatic rings. The van der Waals surface area contributed by atoms with Gasteiger partial charge in [-0.15, -0.1) is 0 Å². The first kappa shape index (κ1) is 18.5. The van der Waals surface area contributed by atoms with Crippen molar-refractivity contribution >= 4 is 29.1 Å². The van der Waals surface area contributed by atoms with Crippen LogP contribution in [0.15, 0.2) is 24.3 Å². The maximum Gasteiger partial charge on any atom is 0.274 e. The molecule has 0 unspecified atom stereocenters. The number of rotatable bonds is 4. The Morgan fingerprint density at radius 2 is 2.00 bits per heavy atom. The number of hydrogen-bond acceptors (Lipinski definition) is 5. The molecular formula is C19H23ClN4O2. The number of piperidine rings is 1. The van der Waals surface area contributed by atoms with E-state index in [0.717, 1.165) is 31.6 Å². The Kier molecular flexibility index (Phi) is 5.61. The van der Waals surface area contributed by atoms with Crippen molar-refractivity contribution in [2.45, 2.75) is 26.7 Å². The Morgan fingerprint density at radius 1 is 1.27 bits per heavy atom. The van der Waals surface area contributed by atoms with Crippen LogP contribution >= 0.6 is 11.6 Å². The molecule has 26 heavy (non-hydrogen) atoms. The number of halogens is 1. The fourth-order valence-electron chi connectivity index (χ4n) is 2.98. The highest BCUT2D eigenvalue weighted by molar-refractivity contribution is 6.31. The van der Waals surface area contributed by atoms with E-state index in [1.165, 1.54) is 0 Å². The van der Waals surface area contributed by atoms with Crippen molar-refractivity contribution in [1.29, 1.82) is 0 Å². The minimum Gasteiger partial charge on any atom is -0.495 e. The molecule has 0 saturated carbocycles. The fourth-order valence-corrected chi connectivity index (χ4v) is 3.16. The molecule has 0 bridgehead atoms. The molecule has 3 rings (SSSR count). The summed E-state index contributed by atoms with van der Waals surface area (Å²) >= 11 is 6.03. The van der Waals surface area contributed by atoms with Gasteiger partial charge in [0.05, 0.1) is 12.8 Å². The van der Waals surface area contributed by atoms with Crippen LogP contribution in [0.25, 0.3) is 0 Å². The summed E-state index contributed by atoms with van der Waals surface area (Å²) in [6.45, 7) is 5.95. The van der Waals surface area contributed by atoms with Crippen LogP contribution in [0.3, 0.4) is 0 Å². The van der Waals surface area contributed by atoms with E-state index in [2.05, 4.69) is 27.1 Å². The first-order valence-electron chi connectivity index (χ1n) is 8.72. The van der Waals surface area contributed by atoms with Gasteiger partial charge in [-0.2, -0.15) is 0 Å². The van der Waals surface area contributed by atoms with Crippen molar-refractivity contribution < 1.29 is 9.53 Å². The topological polar surface area (TPSA) is 67.3 Å². The van der Waals surface area contributed by atoms with Crippen LogP contribution in [-0.4, -0.2) is 36.1 Å². The van der Waals surface area contributed by atoms with Crippen LogP contribution in [-0.2, 0) is 0 Å². The van der Waals surface area contributed by atoms with Gasteiger partial charge in [-0.25, -0.2) is 9.97 Å². The zero-order valence-corrected chi connectivity index (χ0v) is 16.0. The van der Waals surface area contributed by atoms with E-state index in [-0.39, 0.29) is 5.91 Å². The number of hydrogen-bond donors (Lipinski definition) is 1. The minimum atomic E-state index is -0.317. The summed E-state index contributed by atoms with van der Waals surface area (Å²) in [7, 11) is 1.54. The summed E-state index contributed by atoms with van der Waals surface area (Å²) in [5, 5.41) is 3.34. The number of nitrogens with one attached hydrogen (secondary N) is 1. The van der Waals surface area contributed by atoms with Gasteiger partial charge in [-0.05, 0) is 49.9 Å². The monoisotopic (exact) mass is 374 g/mol. The van der Waals surface area contributed by atoms with Gasteiger partial charge < -0.3 is 15.0 Å². The number of carbonyl (C=O) groups excluding carboxylic acids is 1. The Balaban J connectivity index is 1.82. The van der Waals surface area contributed by atoms with Crippen LogP contribution < -0.4 is 15.0 Å². The second kappa shape index (κ2) is 7.91. The quantitative estimate of drug-likeness (QED) is 0.878. The lowest BCUT2D eigenvalue weighted by atomic mass is 10.00. The van der Waals surface area contributed by atoms with Crippen molar-refractivity contribution in [3.8, 4) is 5.75 Å². The molecule has 1 saturated heterocycles. The number of nitrogens with zero attached hydrogens (tertiary/aromatic N) is 3. The minimum absolute atomic E-state index is 0.317. The van der Waals surface area contributed by atoms with E-state index in [4.69, 9.17) is 16.3 Å². The first-order valence-corrected chi connectivity index (χ1v) is 9.09. The average molecular weight is 375 g/mol. The zero-order valence-electron chi connectivity index (χ0n) is 15.3. The summed E-state index contributed by atoms with van der Waals surface area (Å²) in [6, 6.07) is 6.76. The number of amides is 1. The molecule has 7 heteroatoms.